The molecule has 3 rings (SSSR count). The molecule has 18 heavy (non-hydrogen) atoms. The maximum Gasteiger partial charge on any atom is 0.223 e. The normalized spacial score (nSPS) is 19.8. The highest BCUT2D eigenvalue weighted by Gasteiger charge is 2.22. The minimum absolute atomic E-state index is 0.0902. The topological polar surface area (TPSA) is 42.0 Å². The van der Waals surface area contributed by atoms with Gasteiger partial charge in [0.1, 0.15) is 0 Å². The Bertz CT molecular complexity index is 579. The van der Waals surface area contributed by atoms with Crippen molar-refractivity contribution in [2.24, 2.45) is 5.92 Å². The lowest BCUT2D eigenvalue weighted by Crippen LogP contribution is -2.37. The van der Waals surface area contributed by atoms with E-state index in [1.54, 1.807) is 0 Å². The molecule has 0 aliphatic carbocycles. The molecule has 1 saturated heterocycles. The number of hydrogen-bond donors (Lipinski definition) is 1. The van der Waals surface area contributed by atoms with Gasteiger partial charge in [0.05, 0.1) is 5.52 Å². The number of pyridine rings is 1. The Kier molecular flexibility index (Phi) is 2.97. The van der Waals surface area contributed by atoms with Gasteiger partial charge in [0, 0.05) is 30.0 Å². The fourth-order valence-corrected chi connectivity index (χ4v) is 2.50. The molecular formula is C15H16N2O. The highest BCUT2D eigenvalue weighted by Crippen LogP contribution is 2.18. The average Bonchev–Trinajstić information content (AvgIpc) is 2.41. The molecule has 1 unspecified atom stereocenters. The standard InChI is InChI=1S/C15H16N2O/c18-15-12(5-3-9-16-15)10-13-8-7-11-4-1-2-6-14(11)17-13/h1-2,4,6-8,12H,3,5,9-10H2,(H,16,18). The molecule has 1 aromatic heterocycles. The van der Waals surface area contributed by atoms with Crippen molar-refractivity contribution < 1.29 is 4.79 Å². The number of rotatable bonds is 2. The molecule has 92 valence electrons. The molecule has 1 aromatic carbocycles. The number of hydrogen-bond acceptors (Lipinski definition) is 2. The average molecular weight is 240 g/mol. The summed E-state index contributed by atoms with van der Waals surface area (Å²) < 4.78 is 0. The number of carbonyl (C=O) groups is 1. The number of carbonyl (C=O) groups excluding carboxylic acids is 1. The van der Waals surface area contributed by atoms with Gasteiger partial charge in [-0.3, -0.25) is 9.78 Å². The first kappa shape index (κ1) is 11.2. The summed E-state index contributed by atoms with van der Waals surface area (Å²) in [6, 6.07) is 12.2. The first-order chi connectivity index (χ1) is 8.83. The van der Waals surface area contributed by atoms with Crippen LogP contribution in [0, 0.1) is 5.92 Å². The number of nitrogens with zero attached hydrogens (tertiary/aromatic N) is 1. The van der Waals surface area contributed by atoms with Crippen LogP contribution in [0.3, 0.4) is 0 Å². The van der Waals surface area contributed by atoms with Crippen LogP contribution < -0.4 is 5.32 Å². The van der Waals surface area contributed by atoms with E-state index in [0.29, 0.717) is 0 Å². The summed E-state index contributed by atoms with van der Waals surface area (Å²) >= 11 is 0. The Hall–Kier alpha value is -1.90. The molecule has 1 fully saturated rings. The molecule has 3 heteroatoms. The second-order valence-electron chi connectivity index (χ2n) is 4.83. The summed E-state index contributed by atoms with van der Waals surface area (Å²) in [5.41, 5.74) is 2.02. The van der Waals surface area contributed by atoms with Crippen molar-refractivity contribution in [3.8, 4) is 0 Å². The third kappa shape index (κ3) is 2.21. The molecule has 0 radical (unpaired) electrons. The summed E-state index contributed by atoms with van der Waals surface area (Å²) in [6.45, 7) is 0.820. The van der Waals surface area contributed by atoms with Gasteiger partial charge in [0.2, 0.25) is 5.91 Å². The van der Waals surface area contributed by atoms with Gasteiger partial charge < -0.3 is 5.32 Å². The fourth-order valence-electron chi connectivity index (χ4n) is 2.50. The van der Waals surface area contributed by atoms with Crippen LogP contribution in [0.1, 0.15) is 18.5 Å². The van der Waals surface area contributed by atoms with Crippen molar-refractivity contribution in [1.82, 2.24) is 10.3 Å². The van der Waals surface area contributed by atoms with E-state index in [9.17, 15) is 4.79 Å². The Morgan fingerprint density at radius 3 is 3.00 bits per heavy atom. The van der Waals surface area contributed by atoms with Crippen LogP contribution >= 0.6 is 0 Å². The smallest absolute Gasteiger partial charge is 0.223 e. The molecule has 2 heterocycles. The van der Waals surface area contributed by atoms with Crippen LogP contribution in [0.5, 0.6) is 0 Å². The van der Waals surface area contributed by atoms with E-state index < -0.39 is 0 Å². The van der Waals surface area contributed by atoms with Crippen molar-refractivity contribution in [2.75, 3.05) is 6.54 Å². The maximum atomic E-state index is 11.7. The van der Waals surface area contributed by atoms with Crippen LogP contribution in [-0.4, -0.2) is 17.4 Å². The predicted molar refractivity (Wildman–Crippen MR) is 71.2 cm³/mol. The summed E-state index contributed by atoms with van der Waals surface area (Å²) in [6.07, 6.45) is 2.79. The van der Waals surface area contributed by atoms with Crippen LogP contribution in [0.15, 0.2) is 36.4 Å². The lowest BCUT2D eigenvalue weighted by Gasteiger charge is -2.21. The van der Waals surface area contributed by atoms with E-state index >= 15 is 0 Å². The molecule has 1 aliphatic heterocycles. The quantitative estimate of drug-likeness (QED) is 0.875. The van der Waals surface area contributed by atoms with Crippen LogP contribution in [-0.2, 0) is 11.2 Å². The molecule has 3 nitrogen and oxygen atoms in total. The van der Waals surface area contributed by atoms with Gasteiger partial charge in [-0.15, -0.1) is 0 Å². The molecule has 1 atom stereocenters. The number of benzene rings is 1. The molecule has 1 aliphatic rings. The van der Waals surface area contributed by atoms with Crippen molar-refractivity contribution in [3.05, 3.63) is 42.1 Å². The summed E-state index contributed by atoms with van der Waals surface area (Å²) in [5.74, 6) is 0.267. The van der Waals surface area contributed by atoms with Crippen molar-refractivity contribution >= 4 is 16.8 Å². The molecule has 1 amide bonds. The first-order valence-electron chi connectivity index (χ1n) is 6.45. The molecular weight excluding hydrogens is 224 g/mol. The molecule has 0 spiro atoms. The fraction of sp³-hybridized carbons (Fsp3) is 0.333. The monoisotopic (exact) mass is 240 g/mol. The highest BCUT2D eigenvalue weighted by molar-refractivity contribution is 5.80. The van der Waals surface area contributed by atoms with Crippen molar-refractivity contribution in [3.63, 3.8) is 0 Å². The zero-order valence-corrected chi connectivity index (χ0v) is 10.2. The van der Waals surface area contributed by atoms with Gasteiger partial charge in [-0.05, 0) is 25.0 Å². The van der Waals surface area contributed by atoms with Gasteiger partial charge >= 0.3 is 0 Å². The van der Waals surface area contributed by atoms with Crippen LogP contribution in [0.4, 0.5) is 0 Å². The Morgan fingerprint density at radius 1 is 1.22 bits per heavy atom. The second-order valence-corrected chi connectivity index (χ2v) is 4.83. The second kappa shape index (κ2) is 4.77. The molecule has 0 saturated carbocycles. The largest absolute Gasteiger partial charge is 0.356 e. The minimum Gasteiger partial charge on any atom is -0.356 e. The first-order valence-corrected chi connectivity index (χ1v) is 6.45. The molecule has 2 aromatic rings. The maximum absolute atomic E-state index is 11.7. The third-order valence-electron chi connectivity index (χ3n) is 3.51. The zero-order valence-electron chi connectivity index (χ0n) is 10.2. The van der Waals surface area contributed by atoms with Crippen LogP contribution in [0.2, 0.25) is 0 Å². The number of piperidine rings is 1. The van der Waals surface area contributed by atoms with E-state index in [1.165, 1.54) is 0 Å². The number of aromatic nitrogens is 1. The van der Waals surface area contributed by atoms with Gasteiger partial charge in [-0.2, -0.15) is 0 Å². The lowest BCUT2D eigenvalue weighted by molar-refractivity contribution is -0.126. The Balaban J connectivity index is 1.83. The molecule has 1 N–H and O–H groups in total. The van der Waals surface area contributed by atoms with E-state index in [2.05, 4.69) is 22.4 Å². The van der Waals surface area contributed by atoms with E-state index in [1.807, 2.05) is 24.3 Å². The highest BCUT2D eigenvalue weighted by atomic mass is 16.1. The van der Waals surface area contributed by atoms with Gasteiger partial charge in [-0.25, -0.2) is 0 Å². The lowest BCUT2D eigenvalue weighted by atomic mass is 9.93. The Labute approximate surface area is 106 Å². The summed E-state index contributed by atoms with van der Waals surface area (Å²) in [7, 11) is 0. The van der Waals surface area contributed by atoms with Crippen molar-refractivity contribution in [1.29, 1.82) is 0 Å². The summed E-state index contributed by atoms with van der Waals surface area (Å²) in [4.78, 5) is 16.3. The number of fused-ring (bicyclic) bond motifs is 1. The zero-order chi connectivity index (χ0) is 12.4. The Morgan fingerprint density at radius 2 is 2.11 bits per heavy atom. The van der Waals surface area contributed by atoms with E-state index in [0.717, 1.165) is 42.4 Å². The predicted octanol–water partition coefficient (Wildman–Crippen LogP) is 2.30. The van der Waals surface area contributed by atoms with Gasteiger partial charge in [0.25, 0.3) is 0 Å². The molecule has 0 bridgehead atoms. The number of amides is 1. The van der Waals surface area contributed by atoms with Crippen LogP contribution in [0.25, 0.3) is 10.9 Å². The van der Waals surface area contributed by atoms with Gasteiger partial charge in [0.15, 0.2) is 0 Å². The van der Waals surface area contributed by atoms with Crippen molar-refractivity contribution in [2.45, 2.75) is 19.3 Å². The number of nitrogens with one attached hydrogen (secondary N) is 1. The minimum atomic E-state index is 0.0902. The number of para-hydroxylation sites is 1. The van der Waals surface area contributed by atoms with Gasteiger partial charge in [-0.1, -0.05) is 24.3 Å². The SMILES string of the molecule is O=C1NCCCC1Cc1ccc2ccccc2n1. The van der Waals surface area contributed by atoms with E-state index in [4.69, 9.17) is 0 Å². The van der Waals surface area contributed by atoms with E-state index in [-0.39, 0.29) is 11.8 Å². The third-order valence-corrected chi connectivity index (χ3v) is 3.51. The summed E-state index contributed by atoms with van der Waals surface area (Å²) in [5, 5.41) is 4.07.